The molecule has 10 heteroatoms. The molecule has 0 saturated carbocycles. The highest BCUT2D eigenvalue weighted by Gasteiger charge is 2.35. The molecule has 1 atom stereocenters. The lowest BCUT2D eigenvalue weighted by molar-refractivity contribution is -0.139. The van der Waals surface area contributed by atoms with Crippen molar-refractivity contribution in [3.05, 3.63) is 48.0 Å². The summed E-state index contributed by atoms with van der Waals surface area (Å²) in [6, 6.07) is 4.78. The molecule has 7 nitrogen and oxygen atoms in total. The third kappa shape index (κ3) is 4.83. The molecule has 2 heterocycles. The number of amides is 2. The van der Waals surface area contributed by atoms with E-state index in [1.54, 1.807) is 4.57 Å². The smallest absolute Gasteiger partial charge is 0.351 e. The van der Waals surface area contributed by atoms with E-state index in [2.05, 4.69) is 15.5 Å². The fraction of sp³-hybridized carbons (Fsp3) is 0.412. The van der Waals surface area contributed by atoms with Crippen LogP contribution in [0.2, 0.25) is 0 Å². The van der Waals surface area contributed by atoms with Gasteiger partial charge >= 0.3 is 6.18 Å². The van der Waals surface area contributed by atoms with Gasteiger partial charge in [0.15, 0.2) is 0 Å². The lowest BCUT2D eigenvalue weighted by atomic mass is 10.1. The topological polar surface area (TPSA) is 80.1 Å². The summed E-state index contributed by atoms with van der Waals surface area (Å²) in [7, 11) is 0. The normalized spacial score (nSPS) is 17.4. The fourth-order valence-electron chi connectivity index (χ4n) is 3.03. The van der Waals surface area contributed by atoms with Crippen molar-refractivity contribution in [3.63, 3.8) is 0 Å². The number of hydrogen-bond acceptors (Lipinski definition) is 4. The standard InChI is InChI=1S/C17H18F3N5O2/c18-17(19,20)14-4-2-1-3-12(14)8-25-9-13(7-16(25)27)23-15(26)5-6-24-10-21-22-11-24/h1-4,10-11,13H,5-9H2,(H,23,26)/t13-/m0/s1. The number of nitrogens with zero attached hydrogens (tertiary/aromatic N) is 4. The Morgan fingerprint density at radius 2 is 1.93 bits per heavy atom. The van der Waals surface area contributed by atoms with Crippen molar-refractivity contribution in [1.29, 1.82) is 0 Å². The Hall–Kier alpha value is -2.91. The number of likely N-dealkylation sites (tertiary alicyclic amines) is 1. The van der Waals surface area contributed by atoms with Gasteiger partial charge in [-0.25, -0.2) is 0 Å². The summed E-state index contributed by atoms with van der Waals surface area (Å²) in [4.78, 5) is 25.5. The third-order valence-electron chi connectivity index (χ3n) is 4.33. The first-order valence-corrected chi connectivity index (χ1v) is 8.37. The molecule has 2 aromatic rings. The van der Waals surface area contributed by atoms with Crippen LogP contribution < -0.4 is 5.32 Å². The van der Waals surface area contributed by atoms with E-state index < -0.39 is 17.8 Å². The van der Waals surface area contributed by atoms with Gasteiger partial charge in [0.25, 0.3) is 0 Å². The fourth-order valence-corrected chi connectivity index (χ4v) is 3.03. The summed E-state index contributed by atoms with van der Waals surface area (Å²) in [5, 5.41) is 10.0. The molecule has 0 bridgehead atoms. The maximum Gasteiger partial charge on any atom is 0.416 e. The van der Waals surface area contributed by atoms with Crippen LogP contribution in [0.25, 0.3) is 0 Å². The average Bonchev–Trinajstić information content (AvgIpc) is 3.23. The number of aryl methyl sites for hydroxylation is 1. The average molecular weight is 381 g/mol. The van der Waals surface area contributed by atoms with E-state index in [0.29, 0.717) is 6.54 Å². The molecule has 1 aromatic heterocycles. The lowest BCUT2D eigenvalue weighted by Crippen LogP contribution is -2.37. The number of hydrogen-bond donors (Lipinski definition) is 1. The Morgan fingerprint density at radius 3 is 2.63 bits per heavy atom. The van der Waals surface area contributed by atoms with E-state index in [1.165, 1.54) is 35.8 Å². The molecule has 0 aliphatic carbocycles. The summed E-state index contributed by atoms with van der Waals surface area (Å²) < 4.78 is 40.9. The quantitative estimate of drug-likeness (QED) is 0.824. The highest BCUT2D eigenvalue weighted by Crippen LogP contribution is 2.32. The van der Waals surface area contributed by atoms with Gasteiger partial charge in [-0.1, -0.05) is 18.2 Å². The second-order valence-corrected chi connectivity index (χ2v) is 6.35. The van der Waals surface area contributed by atoms with Crippen LogP contribution >= 0.6 is 0 Å². The van der Waals surface area contributed by atoms with Gasteiger partial charge in [-0.05, 0) is 11.6 Å². The molecule has 2 amide bonds. The summed E-state index contributed by atoms with van der Waals surface area (Å²) >= 11 is 0. The van der Waals surface area contributed by atoms with Crippen LogP contribution in [-0.4, -0.2) is 44.1 Å². The largest absolute Gasteiger partial charge is 0.416 e. The molecule has 1 saturated heterocycles. The van der Waals surface area contributed by atoms with Gasteiger partial charge in [0.1, 0.15) is 12.7 Å². The molecule has 1 aliphatic heterocycles. The van der Waals surface area contributed by atoms with Gasteiger partial charge in [-0.2, -0.15) is 13.2 Å². The van der Waals surface area contributed by atoms with Gasteiger partial charge in [0.2, 0.25) is 11.8 Å². The van der Waals surface area contributed by atoms with E-state index in [4.69, 9.17) is 0 Å². The summed E-state index contributed by atoms with van der Waals surface area (Å²) in [5.41, 5.74) is -0.711. The van der Waals surface area contributed by atoms with Crippen LogP contribution in [0.5, 0.6) is 0 Å². The lowest BCUT2D eigenvalue weighted by Gasteiger charge is -2.20. The van der Waals surface area contributed by atoms with Crippen molar-refractivity contribution < 1.29 is 22.8 Å². The highest BCUT2D eigenvalue weighted by molar-refractivity contribution is 5.82. The van der Waals surface area contributed by atoms with Crippen molar-refractivity contribution >= 4 is 11.8 Å². The van der Waals surface area contributed by atoms with Gasteiger partial charge in [-0.3, -0.25) is 9.59 Å². The predicted molar refractivity (Wildman–Crippen MR) is 88.0 cm³/mol. The molecule has 0 unspecified atom stereocenters. The highest BCUT2D eigenvalue weighted by atomic mass is 19.4. The number of rotatable bonds is 6. The number of nitrogens with one attached hydrogen (secondary N) is 1. The van der Waals surface area contributed by atoms with E-state index in [1.807, 2.05) is 0 Å². The molecule has 0 radical (unpaired) electrons. The van der Waals surface area contributed by atoms with E-state index in [9.17, 15) is 22.8 Å². The monoisotopic (exact) mass is 381 g/mol. The van der Waals surface area contributed by atoms with Crippen LogP contribution in [0.3, 0.4) is 0 Å². The molecule has 1 aliphatic rings. The number of halogens is 3. The van der Waals surface area contributed by atoms with Crippen LogP contribution in [-0.2, 0) is 28.9 Å². The molecule has 3 rings (SSSR count). The molecule has 27 heavy (non-hydrogen) atoms. The Bertz CT molecular complexity index is 807. The number of benzene rings is 1. The van der Waals surface area contributed by atoms with Crippen LogP contribution in [0.15, 0.2) is 36.9 Å². The zero-order valence-corrected chi connectivity index (χ0v) is 14.3. The summed E-state index contributed by atoms with van der Waals surface area (Å²) in [5.74, 6) is -0.518. The minimum absolute atomic E-state index is 0.0398. The minimum Gasteiger partial charge on any atom is -0.351 e. The summed E-state index contributed by atoms with van der Waals surface area (Å²) in [6.45, 7) is 0.452. The van der Waals surface area contributed by atoms with Crippen molar-refractivity contribution in [1.82, 2.24) is 25.0 Å². The first-order chi connectivity index (χ1) is 12.8. The van der Waals surface area contributed by atoms with Crippen molar-refractivity contribution in [2.24, 2.45) is 0 Å². The first kappa shape index (κ1) is 18.9. The molecular formula is C17H18F3N5O2. The van der Waals surface area contributed by atoms with Crippen molar-refractivity contribution in [3.8, 4) is 0 Å². The molecule has 1 aromatic carbocycles. The van der Waals surface area contributed by atoms with E-state index in [-0.39, 0.29) is 43.3 Å². The van der Waals surface area contributed by atoms with Gasteiger partial charge in [0, 0.05) is 32.5 Å². The van der Waals surface area contributed by atoms with Crippen LogP contribution in [0.1, 0.15) is 24.0 Å². The van der Waals surface area contributed by atoms with Gasteiger partial charge in [0.05, 0.1) is 11.6 Å². The second kappa shape index (κ2) is 7.77. The number of carbonyl (C=O) groups is 2. The third-order valence-corrected chi connectivity index (χ3v) is 4.33. The van der Waals surface area contributed by atoms with Gasteiger partial charge in [-0.15, -0.1) is 10.2 Å². The second-order valence-electron chi connectivity index (χ2n) is 6.35. The van der Waals surface area contributed by atoms with E-state index in [0.717, 1.165) is 6.07 Å². The SMILES string of the molecule is O=C(CCn1cnnc1)N[C@H]1CC(=O)N(Cc2ccccc2C(F)(F)F)C1. The zero-order valence-electron chi connectivity index (χ0n) is 14.3. The maximum absolute atomic E-state index is 13.1. The Balaban J connectivity index is 1.56. The van der Waals surface area contributed by atoms with Crippen LogP contribution in [0, 0.1) is 0 Å². The molecular weight excluding hydrogens is 363 g/mol. The van der Waals surface area contributed by atoms with Crippen molar-refractivity contribution in [2.45, 2.75) is 38.1 Å². The van der Waals surface area contributed by atoms with Crippen molar-refractivity contribution in [2.75, 3.05) is 6.54 Å². The Kier molecular flexibility index (Phi) is 5.43. The van der Waals surface area contributed by atoms with Gasteiger partial charge < -0.3 is 14.8 Å². The Morgan fingerprint density at radius 1 is 1.22 bits per heavy atom. The number of aromatic nitrogens is 3. The first-order valence-electron chi connectivity index (χ1n) is 8.37. The Labute approximate surface area is 153 Å². The number of carbonyl (C=O) groups excluding carboxylic acids is 2. The molecule has 1 fully saturated rings. The predicted octanol–water partition coefficient (Wildman–Crippen LogP) is 1.60. The molecule has 0 spiro atoms. The zero-order chi connectivity index (χ0) is 19.4. The van der Waals surface area contributed by atoms with Crippen LogP contribution in [0.4, 0.5) is 13.2 Å². The van der Waals surface area contributed by atoms with E-state index >= 15 is 0 Å². The molecule has 144 valence electrons. The maximum atomic E-state index is 13.1. The molecule has 1 N–H and O–H groups in total. The number of alkyl halides is 3. The summed E-state index contributed by atoms with van der Waals surface area (Å²) in [6.07, 6.45) is -1.22. The minimum atomic E-state index is -4.48.